The number of nitrogens with one attached hydrogen (secondary N) is 1. The molecule has 4 amide bonds. The Hall–Kier alpha value is -2.57. The molecule has 2 aliphatic rings. The lowest BCUT2D eigenvalue weighted by Crippen LogP contribution is -2.55. The fraction of sp³-hybridized carbons (Fsp3) is 0.609. The zero-order valence-electron chi connectivity index (χ0n) is 18.2. The highest BCUT2D eigenvalue weighted by atomic mass is 16.2. The summed E-state index contributed by atoms with van der Waals surface area (Å²) >= 11 is 0. The summed E-state index contributed by atoms with van der Waals surface area (Å²) in [6, 6.07) is 10.1. The highest BCUT2D eigenvalue weighted by Crippen LogP contribution is 2.31. The smallest absolute Gasteiger partial charge is 0.317 e. The van der Waals surface area contributed by atoms with Crippen molar-refractivity contribution in [2.75, 3.05) is 45.8 Å². The van der Waals surface area contributed by atoms with Gasteiger partial charge in [0.25, 0.3) is 0 Å². The van der Waals surface area contributed by atoms with Gasteiger partial charge in [0.1, 0.15) is 0 Å². The van der Waals surface area contributed by atoms with Crippen LogP contribution in [-0.2, 0) is 9.59 Å². The van der Waals surface area contributed by atoms with Gasteiger partial charge in [-0.2, -0.15) is 0 Å². The van der Waals surface area contributed by atoms with Crippen LogP contribution in [0.25, 0.3) is 0 Å². The maximum Gasteiger partial charge on any atom is 0.317 e. The second-order valence-corrected chi connectivity index (χ2v) is 8.36. The molecule has 0 bridgehead atoms. The van der Waals surface area contributed by atoms with E-state index in [1.54, 1.807) is 11.8 Å². The third-order valence-corrected chi connectivity index (χ3v) is 6.20. The molecular formula is C23H34N4O3. The first-order valence-corrected chi connectivity index (χ1v) is 11.1. The molecule has 2 heterocycles. The fourth-order valence-corrected chi connectivity index (χ4v) is 4.39. The van der Waals surface area contributed by atoms with Crippen LogP contribution in [0.3, 0.4) is 0 Å². The van der Waals surface area contributed by atoms with Crippen LogP contribution >= 0.6 is 0 Å². The van der Waals surface area contributed by atoms with Gasteiger partial charge >= 0.3 is 6.03 Å². The number of hydrogen-bond acceptors (Lipinski definition) is 3. The second-order valence-electron chi connectivity index (χ2n) is 8.36. The third kappa shape index (κ3) is 5.52. The first kappa shape index (κ1) is 22.1. The molecular weight excluding hydrogens is 380 g/mol. The van der Waals surface area contributed by atoms with Crippen molar-refractivity contribution in [2.24, 2.45) is 5.92 Å². The van der Waals surface area contributed by atoms with E-state index in [0.717, 1.165) is 19.3 Å². The van der Waals surface area contributed by atoms with Crippen LogP contribution in [0.4, 0.5) is 4.79 Å². The van der Waals surface area contributed by atoms with E-state index in [9.17, 15) is 14.4 Å². The summed E-state index contributed by atoms with van der Waals surface area (Å²) in [6.07, 6.45) is 2.72. The van der Waals surface area contributed by atoms with Gasteiger partial charge in [-0.3, -0.25) is 9.59 Å². The molecule has 1 aromatic rings. The number of amides is 4. The van der Waals surface area contributed by atoms with Gasteiger partial charge in [-0.05, 0) is 18.4 Å². The molecule has 2 unspecified atom stereocenters. The number of carbonyl (C=O) groups excluding carboxylic acids is 3. The highest BCUT2D eigenvalue weighted by molar-refractivity contribution is 5.82. The molecule has 2 saturated heterocycles. The number of hydrogen-bond donors (Lipinski definition) is 1. The predicted octanol–water partition coefficient (Wildman–Crippen LogP) is 2.29. The van der Waals surface area contributed by atoms with E-state index in [0.29, 0.717) is 45.8 Å². The minimum atomic E-state index is -0.218. The zero-order chi connectivity index (χ0) is 21.5. The molecule has 7 nitrogen and oxygen atoms in total. The minimum absolute atomic E-state index is 0.0545. The molecule has 2 aliphatic heterocycles. The number of unbranched alkanes of at least 4 members (excludes halogenated alkanes) is 1. The number of piperidine rings is 1. The fourth-order valence-electron chi connectivity index (χ4n) is 4.39. The normalized spacial score (nSPS) is 22.0. The van der Waals surface area contributed by atoms with Gasteiger partial charge in [-0.15, -0.1) is 0 Å². The summed E-state index contributed by atoms with van der Waals surface area (Å²) < 4.78 is 0. The summed E-state index contributed by atoms with van der Waals surface area (Å²) in [4.78, 5) is 43.1. The molecule has 0 radical (unpaired) electrons. The van der Waals surface area contributed by atoms with Crippen molar-refractivity contribution < 1.29 is 14.4 Å². The van der Waals surface area contributed by atoms with Crippen molar-refractivity contribution in [1.29, 1.82) is 0 Å². The summed E-state index contributed by atoms with van der Waals surface area (Å²) in [5.41, 5.74) is 1.17. The van der Waals surface area contributed by atoms with Crippen molar-refractivity contribution >= 4 is 17.8 Å². The van der Waals surface area contributed by atoms with E-state index < -0.39 is 0 Å². The van der Waals surface area contributed by atoms with Crippen LogP contribution in [0.2, 0.25) is 0 Å². The summed E-state index contributed by atoms with van der Waals surface area (Å²) in [6.45, 7) is 7.69. The molecule has 7 heteroatoms. The minimum Gasteiger partial charge on any atom is -0.339 e. The Morgan fingerprint density at radius 2 is 1.63 bits per heavy atom. The molecule has 164 valence electrons. The topological polar surface area (TPSA) is 73.0 Å². The van der Waals surface area contributed by atoms with Crippen LogP contribution in [0, 0.1) is 5.92 Å². The molecule has 3 rings (SSSR count). The van der Waals surface area contributed by atoms with Crippen LogP contribution in [0.1, 0.15) is 44.6 Å². The largest absolute Gasteiger partial charge is 0.339 e. The van der Waals surface area contributed by atoms with Crippen LogP contribution in [0.5, 0.6) is 0 Å². The van der Waals surface area contributed by atoms with E-state index in [1.165, 1.54) is 5.56 Å². The average Bonchev–Trinajstić information content (AvgIpc) is 2.79. The Morgan fingerprint density at radius 1 is 0.967 bits per heavy atom. The van der Waals surface area contributed by atoms with E-state index in [1.807, 2.05) is 28.0 Å². The quantitative estimate of drug-likeness (QED) is 0.752. The Kier molecular flexibility index (Phi) is 7.71. The van der Waals surface area contributed by atoms with Gasteiger partial charge in [0.2, 0.25) is 11.8 Å². The van der Waals surface area contributed by atoms with E-state index in [-0.39, 0.29) is 29.7 Å². The zero-order valence-corrected chi connectivity index (χ0v) is 18.2. The molecule has 0 aliphatic carbocycles. The van der Waals surface area contributed by atoms with Crippen molar-refractivity contribution in [3.63, 3.8) is 0 Å². The molecule has 1 aromatic carbocycles. The van der Waals surface area contributed by atoms with Gasteiger partial charge in [0, 0.05) is 58.7 Å². The van der Waals surface area contributed by atoms with Gasteiger partial charge in [-0.1, -0.05) is 43.7 Å². The standard InChI is InChI=1S/C23H34N4O3/c1-3-4-10-24-23(30)27-16-20(19-8-6-5-7-9-19)15-21(17-27)22(29)26-13-11-25(12-14-26)18(2)28/h5-9,20-21H,3-4,10-17H2,1-2H3,(H,24,30). The number of nitrogens with zero attached hydrogens (tertiary/aromatic N) is 3. The third-order valence-electron chi connectivity index (χ3n) is 6.20. The van der Waals surface area contributed by atoms with E-state index in [4.69, 9.17) is 0 Å². The van der Waals surface area contributed by atoms with Gasteiger partial charge < -0.3 is 20.0 Å². The number of rotatable bonds is 5. The van der Waals surface area contributed by atoms with Gasteiger partial charge in [0.15, 0.2) is 0 Å². The lowest BCUT2D eigenvalue weighted by atomic mass is 9.84. The number of urea groups is 1. The Labute approximate surface area is 179 Å². The molecule has 1 N–H and O–H groups in total. The summed E-state index contributed by atoms with van der Waals surface area (Å²) in [5.74, 6) is 0.0816. The lowest BCUT2D eigenvalue weighted by molar-refractivity contribution is -0.142. The average molecular weight is 415 g/mol. The summed E-state index contributed by atoms with van der Waals surface area (Å²) in [5, 5.41) is 3.00. The first-order valence-electron chi connectivity index (χ1n) is 11.1. The van der Waals surface area contributed by atoms with Crippen molar-refractivity contribution in [3.05, 3.63) is 35.9 Å². The maximum atomic E-state index is 13.3. The molecule has 0 saturated carbocycles. The van der Waals surface area contributed by atoms with Crippen LogP contribution in [0.15, 0.2) is 30.3 Å². The van der Waals surface area contributed by atoms with Crippen LogP contribution in [-0.4, -0.2) is 78.4 Å². The molecule has 2 atom stereocenters. The molecule has 0 spiro atoms. The Bertz CT molecular complexity index is 731. The molecule has 30 heavy (non-hydrogen) atoms. The van der Waals surface area contributed by atoms with Crippen molar-refractivity contribution in [1.82, 2.24) is 20.0 Å². The monoisotopic (exact) mass is 414 g/mol. The predicted molar refractivity (Wildman–Crippen MR) is 116 cm³/mol. The van der Waals surface area contributed by atoms with Gasteiger partial charge in [0.05, 0.1) is 5.92 Å². The molecule has 0 aromatic heterocycles. The second kappa shape index (κ2) is 10.5. The van der Waals surface area contributed by atoms with Gasteiger partial charge in [-0.25, -0.2) is 4.79 Å². The SMILES string of the molecule is CCCCNC(=O)N1CC(C(=O)N2CCN(C(C)=O)CC2)CC(c2ccccc2)C1. The molecule has 2 fully saturated rings. The van der Waals surface area contributed by atoms with E-state index in [2.05, 4.69) is 24.4 Å². The highest BCUT2D eigenvalue weighted by Gasteiger charge is 2.37. The number of likely N-dealkylation sites (tertiary alicyclic amines) is 1. The Balaban J connectivity index is 1.69. The number of piperazine rings is 1. The lowest BCUT2D eigenvalue weighted by Gasteiger charge is -2.41. The Morgan fingerprint density at radius 3 is 2.27 bits per heavy atom. The summed E-state index contributed by atoms with van der Waals surface area (Å²) in [7, 11) is 0. The van der Waals surface area contributed by atoms with Crippen molar-refractivity contribution in [2.45, 2.75) is 39.0 Å². The maximum absolute atomic E-state index is 13.3. The number of carbonyl (C=O) groups is 3. The van der Waals surface area contributed by atoms with Crippen LogP contribution < -0.4 is 5.32 Å². The van der Waals surface area contributed by atoms with Crippen molar-refractivity contribution in [3.8, 4) is 0 Å². The number of benzene rings is 1. The first-order chi connectivity index (χ1) is 14.5. The van der Waals surface area contributed by atoms with E-state index >= 15 is 0 Å².